The van der Waals surface area contributed by atoms with Gasteiger partial charge in [0.25, 0.3) is 0 Å². The maximum atomic E-state index is 3.91. The van der Waals surface area contributed by atoms with Gasteiger partial charge >= 0.3 is 0 Å². The first-order chi connectivity index (χ1) is 7.93. The van der Waals surface area contributed by atoms with Crippen LogP contribution in [0.2, 0.25) is 0 Å². The van der Waals surface area contributed by atoms with Gasteiger partial charge in [-0.1, -0.05) is 12.1 Å². The lowest BCUT2D eigenvalue weighted by atomic mass is 9.93. The maximum absolute atomic E-state index is 3.91. The second kappa shape index (κ2) is 3.92. The molecule has 5 nitrogen and oxygen atoms in total. The van der Waals surface area contributed by atoms with Gasteiger partial charge in [0.05, 0.1) is 11.4 Å². The predicted molar refractivity (Wildman–Crippen MR) is 60.4 cm³/mol. The van der Waals surface area contributed by atoms with Crippen molar-refractivity contribution >= 4 is 5.69 Å². The Bertz CT molecular complexity index is 461. The average molecular weight is 215 g/mol. The lowest BCUT2D eigenvalue weighted by Gasteiger charge is -2.28. The van der Waals surface area contributed by atoms with Crippen LogP contribution >= 0.6 is 0 Å². The third-order valence-electron chi connectivity index (χ3n) is 2.96. The molecule has 1 aromatic carbocycles. The van der Waals surface area contributed by atoms with E-state index in [1.54, 1.807) is 11.0 Å². The van der Waals surface area contributed by atoms with E-state index in [0.29, 0.717) is 6.04 Å². The minimum Gasteiger partial charge on any atom is -0.381 e. The summed E-state index contributed by atoms with van der Waals surface area (Å²) < 4.78 is 1.68. The second-order valence-electron chi connectivity index (χ2n) is 4.04. The number of hydrogen-bond acceptors (Lipinski definition) is 4. The third kappa shape index (κ3) is 1.64. The van der Waals surface area contributed by atoms with Gasteiger partial charge in [-0.3, -0.25) is 0 Å². The smallest absolute Gasteiger partial charge is 0.143 e. The molecule has 1 fully saturated rings. The van der Waals surface area contributed by atoms with E-state index in [4.69, 9.17) is 0 Å². The van der Waals surface area contributed by atoms with Gasteiger partial charge in [-0.2, -0.15) is 4.68 Å². The van der Waals surface area contributed by atoms with E-state index in [1.807, 2.05) is 18.2 Å². The molecule has 0 atom stereocenters. The summed E-state index contributed by atoms with van der Waals surface area (Å²) in [6, 6.07) is 8.70. The largest absolute Gasteiger partial charge is 0.381 e. The number of para-hydroxylation sites is 2. The van der Waals surface area contributed by atoms with Crippen molar-refractivity contribution in [2.75, 3.05) is 5.32 Å². The molecular formula is C11H13N5. The zero-order valence-electron chi connectivity index (χ0n) is 8.87. The number of rotatable bonds is 3. The van der Waals surface area contributed by atoms with Crippen molar-refractivity contribution in [3.63, 3.8) is 0 Å². The lowest BCUT2D eigenvalue weighted by molar-refractivity contribution is 0.445. The summed E-state index contributed by atoms with van der Waals surface area (Å²) in [5.74, 6) is 0. The number of tetrazole rings is 1. The molecule has 0 aliphatic heterocycles. The van der Waals surface area contributed by atoms with Crippen LogP contribution in [0.15, 0.2) is 30.6 Å². The fourth-order valence-corrected chi connectivity index (χ4v) is 1.84. The number of aromatic nitrogens is 4. The molecule has 5 heteroatoms. The fourth-order valence-electron chi connectivity index (χ4n) is 1.84. The molecule has 1 aromatic heterocycles. The van der Waals surface area contributed by atoms with Crippen LogP contribution in [0.25, 0.3) is 5.69 Å². The maximum Gasteiger partial charge on any atom is 0.143 e. The molecule has 1 aliphatic rings. The zero-order valence-corrected chi connectivity index (χ0v) is 8.87. The molecule has 3 rings (SSSR count). The van der Waals surface area contributed by atoms with Crippen LogP contribution in [0, 0.1) is 0 Å². The number of hydrogen-bond donors (Lipinski definition) is 1. The molecule has 0 spiro atoms. The van der Waals surface area contributed by atoms with Gasteiger partial charge in [0, 0.05) is 6.04 Å². The van der Waals surface area contributed by atoms with Crippen LogP contribution in [0.4, 0.5) is 5.69 Å². The molecule has 0 saturated heterocycles. The van der Waals surface area contributed by atoms with E-state index in [1.165, 1.54) is 19.3 Å². The zero-order chi connectivity index (χ0) is 10.8. The topological polar surface area (TPSA) is 55.6 Å². The molecule has 0 radical (unpaired) electrons. The van der Waals surface area contributed by atoms with Crippen molar-refractivity contribution in [2.24, 2.45) is 0 Å². The minimum atomic E-state index is 0.609. The number of nitrogens with zero attached hydrogens (tertiary/aromatic N) is 4. The van der Waals surface area contributed by atoms with Crippen molar-refractivity contribution < 1.29 is 0 Å². The summed E-state index contributed by atoms with van der Waals surface area (Å²) in [7, 11) is 0. The summed E-state index contributed by atoms with van der Waals surface area (Å²) in [5, 5.41) is 14.7. The molecule has 2 aromatic rings. The Kier molecular flexibility index (Phi) is 2.29. The molecule has 0 unspecified atom stereocenters. The van der Waals surface area contributed by atoms with E-state index < -0.39 is 0 Å². The molecule has 1 aliphatic carbocycles. The van der Waals surface area contributed by atoms with Crippen molar-refractivity contribution in [3.05, 3.63) is 30.6 Å². The molecule has 0 bridgehead atoms. The monoisotopic (exact) mass is 215 g/mol. The van der Waals surface area contributed by atoms with E-state index in [9.17, 15) is 0 Å². The van der Waals surface area contributed by atoms with Crippen LogP contribution in [-0.2, 0) is 0 Å². The Morgan fingerprint density at radius 3 is 2.81 bits per heavy atom. The molecular weight excluding hydrogens is 202 g/mol. The first-order valence-corrected chi connectivity index (χ1v) is 5.52. The van der Waals surface area contributed by atoms with Gasteiger partial charge < -0.3 is 5.32 Å². The fraction of sp³-hybridized carbons (Fsp3) is 0.364. The number of benzene rings is 1. The van der Waals surface area contributed by atoms with Crippen LogP contribution < -0.4 is 5.32 Å². The van der Waals surface area contributed by atoms with E-state index in [-0.39, 0.29) is 0 Å². The quantitative estimate of drug-likeness (QED) is 0.845. The standard InChI is InChI=1S/C11H13N5/c1-2-7-11(16-8-12-14-15-16)10(6-1)13-9-4-3-5-9/h1-2,6-9,13H,3-5H2. The van der Waals surface area contributed by atoms with Gasteiger partial charge in [-0.25, -0.2) is 0 Å². The number of nitrogens with one attached hydrogen (secondary N) is 1. The van der Waals surface area contributed by atoms with Crippen LogP contribution in [0.3, 0.4) is 0 Å². The highest BCUT2D eigenvalue weighted by Crippen LogP contribution is 2.26. The van der Waals surface area contributed by atoms with Crippen LogP contribution in [-0.4, -0.2) is 26.2 Å². The third-order valence-corrected chi connectivity index (χ3v) is 2.96. The molecule has 16 heavy (non-hydrogen) atoms. The highest BCUT2D eigenvalue weighted by molar-refractivity contribution is 5.60. The Morgan fingerprint density at radius 1 is 1.25 bits per heavy atom. The Balaban J connectivity index is 1.91. The van der Waals surface area contributed by atoms with Crippen molar-refractivity contribution in [1.82, 2.24) is 20.2 Å². The highest BCUT2D eigenvalue weighted by atomic mass is 15.5. The van der Waals surface area contributed by atoms with Crippen LogP contribution in [0.5, 0.6) is 0 Å². The van der Waals surface area contributed by atoms with Gasteiger partial charge in [-0.15, -0.1) is 5.10 Å². The van der Waals surface area contributed by atoms with Crippen LogP contribution in [0.1, 0.15) is 19.3 Å². The SMILES string of the molecule is c1ccc(-n2cnnn2)c(NC2CCC2)c1. The van der Waals surface area contributed by atoms with Crippen molar-refractivity contribution in [3.8, 4) is 5.69 Å². The van der Waals surface area contributed by atoms with Gasteiger partial charge in [-0.05, 0) is 41.8 Å². The Hall–Kier alpha value is -1.91. The summed E-state index contributed by atoms with van der Waals surface area (Å²) in [5.41, 5.74) is 2.10. The molecule has 1 saturated carbocycles. The molecule has 82 valence electrons. The van der Waals surface area contributed by atoms with Gasteiger partial charge in [0.15, 0.2) is 0 Å². The van der Waals surface area contributed by atoms with Gasteiger partial charge in [0.1, 0.15) is 6.33 Å². The van der Waals surface area contributed by atoms with Crippen molar-refractivity contribution in [2.45, 2.75) is 25.3 Å². The Morgan fingerprint density at radius 2 is 2.12 bits per heavy atom. The van der Waals surface area contributed by atoms with E-state index in [2.05, 4.69) is 26.9 Å². The summed E-state index contributed by atoms with van der Waals surface area (Å²) >= 11 is 0. The average Bonchev–Trinajstić information content (AvgIpc) is 2.77. The van der Waals surface area contributed by atoms with Gasteiger partial charge in [0.2, 0.25) is 0 Å². The van der Waals surface area contributed by atoms with E-state index >= 15 is 0 Å². The number of anilines is 1. The molecule has 1 N–H and O–H groups in total. The summed E-state index contributed by atoms with van der Waals surface area (Å²) in [4.78, 5) is 0. The van der Waals surface area contributed by atoms with E-state index in [0.717, 1.165) is 11.4 Å². The normalized spacial score (nSPS) is 15.8. The molecule has 0 amide bonds. The highest BCUT2D eigenvalue weighted by Gasteiger charge is 2.18. The minimum absolute atomic E-state index is 0.609. The predicted octanol–water partition coefficient (Wildman–Crippen LogP) is 1.63. The molecule has 1 heterocycles. The first kappa shape index (κ1) is 9.33. The summed E-state index contributed by atoms with van der Waals surface area (Å²) in [6.45, 7) is 0. The first-order valence-electron chi connectivity index (χ1n) is 5.52. The second-order valence-corrected chi connectivity index (χ2v) is 4.04. The Labute approximate surface area is 93.5 Å². The summed E-state index contributed by atoms with van der Waals surface area (Å²) in [6.07, 6.45) is 5.44. The van der Waals surface area contributed by atoms with Crippen molar-refractivity contribution in [1.29, 1.82) is 0 Å². The lowest BCUT2D eigenvalue weighted by Crippen LogP contribution is -2.27.